The van der Waals surface area contributed by atoms with Gasteiger partial charge < -0.3 is 4.74 Å². The standard InChI is InChI=1S/C15H18O3S/c16-19(17)8-13-10-6-12(14(13)9-19)15(7-10)18-11-4-2-1-3-5-11/h1-5,10,12-15H,6-9H2. The van der Waals surface area contributed by atoms with Gasteiger partial charge in [-0.1, -0.05) is 18.2 Å². The molecule has 1 saturated heterocycles. The Morgan fingerprint density at radius 3 is 2.47 bits per heavy atom. The number of para-hydroxylation sites is 1. The van der Waals surface area contributed by atoms with E-state index < -0.39 is 9.84 Å². The summed E-state index contributed by atoms with van der Waals surface area (Å²) in [5.74, 6) is 3.54. The molecule has 0 aromatic heterocycles. The zero-order valence-electron chi connectivity index (χ0n) is 10.7. The van der Waals surface area contributed by atoms with E-state index in [9.17, 15) is 8.42 Å². The van der Waals surface area contributed by atoms with Crippen molar-refractivity contribution < 1.29 is 13.2 Å². The second-order valence-electron chi connectivity index (χ2n) is 6.27. The third-order valence-electron chi connectivity index (χ3n) is 5.22. The van der Waals surface area contributed by atoms with Crippen LogP contribution in [0.3, 0.4) is 0 Å². The molecule has 1 aliphatic heterocycles. The summed E-state index contributed by atoms with van der Waals surface area (Å²) in [6.07, 6.45) is 2.43. The summed E-state index contributed by atoms with van der Waals surface area (Å²) >= 11 is 0. The van der Waals surface area contributed by atoms with E-state index in [1.165, 1.54) is 6.42 Å². The van der Waals surface area contributed by atoms with Crippen molar-refractivity contribution in [3.05, 3.63) is 30.3 Å². The Kier molecular flexibility index (Phi) is 2.47. The Labute approximate surface area is 113 Å². The van der Waals surface area contributed by atoms with Crippen molar-refractivity contribution in [2.45, 2.75) is 18.9 Å². The van der Waals surface area contributed by atoms with Gasteiger partial charge in [0.25, 0.3) is 0 Å². The van der Waals surface area contributed by atoms with Gasteiger partial charge in [0.2, 0.25) is 0 Å². The molecule has 5 unspecified atom stereocenters. The van der Waals surface area contributed by atoms with Crippen molar-refractivity contribution in [2.24, 2.45) is 23.7 Å². The van der Waals surface area contributed by atoms with E-state index in [-0.39, 0.29) is 6.10 Å². The fourth-order valence-corrected chi connectivity index (χ4v) is 6.83. The lowest BCUT2D eigenvalue weighted by Gasteiger charge is -2.30. The number of hydrogen-bond donors (Lipinski definition) is 0. The van der Waals surface area contributed by atoms with Gasteiger partial charge in [-0.15, -0.1) is 0 Å². The van der Waals surface area contributed by atoms with Crippen molar-refractivity contribution in [1.29, 1.82) is 0 Å². The molecule has 1 heterocycles. The van der Waals surface area contributed by atoms with E-state index in [1.807, 2.05) is 30.3 Å². The molecule has 1 aromatic carbocycles. The number of fused-ring (bicyclic) bond motifs is 5. The average Bonchev–Trinajstić information content (AvgIpc) is 2.99. The molecule has 4 rings (SSSR count). The molecule has 4 heteroatoms. The Morgan fingerprint density at radius 1 is 0.947 bits per heavy atom. The highest BCUT2D eigenvalue weighted by molar-refractivity contribution is 7.91. The number of sulfone groups is 1. The number of ether oxygens (including phenoxy) is 1. The summed E-state index contributed by atoms with van der Waals surface area (Å²) in [5.41, 5.74) is 0. The Hall–Kier alpha value is -1.03. The van der Waals surface area contributed by atoms with Crippen molar-refractivity contribution >= 4 is 9.84 Å². The van der Waals surface area contributed by atoms with Gasteiger partial charge in [0, 0.05) is 5.92 Å². The van der Waals surface area contributed by atoms with E-state index in [0.29, 0.717) is 35.2 Å². The summed E-state index contributed by atoms with van der Waals surface area (Å²) in [4.78, 5) is 0. The minimum absolute atomic E-state index is 0.224. The molecule has 2 saturated carbocycles. The van der Waals surface area contributed by atoms with Crippen LogP contribution >= 0.6 is 0 Å². The van der Waals surface area contributed by atoms with Crippen molar-refractivity contribution in [3.8, 4) is 5.75 Å². The molecule has 0 amide bonds. The summed E-state index contributed by atoms with van der Waals surface area (Å²) in [6.45, 7) is 0. The third kappa shape index (κ3) is 1.88. The number of hydrogen-bond acceptors (Lipinski definition) is 3. The van der Waals surface area contributed by atoms with Crippen LogP contribution in [0, 0.1) is 23.7 Å². The molecule has 3 fully saturated rings. The first-order valence-electron chi connectivity index (χ1n) is 7.04. The van der Waals surface area contributed by atoms with Gasteiger partial charge >= 0.3 is 0 Å². The van der Waals surface area contributed by atoms with Crippen LogP contribution in [-0.4, -0.2) is 26.0 Å². The van der Waals surface area contributed by atoms with Crippen LogP contribution in [-0.2, 0) is 9.84 Å². The van der Waals surface area contributed by atoms with E-state index in [4.69, 9.17) is 4.74 Å². The lowest BCUT2D eigenvalue weighted by Crippen LogP contribution is -2.34. The molecule has 3 aliphatic rings. The normalized spacial score (nSPS) is 42.2. The first kappa shape index (κ1) is 11.8. The maximum atomic E-state index is 11.8. The molecule has 0 N–H and O–H groups in total. The highest BCUT2D eigenvalue weighted by atomic mass is 32.2. The molecular weight excluding hydrogens is 260 g/mol. The summed E-state index contributed by atoms with van der Waals surface area (Å²) < 4.78 is 29.7. The van der Waals surface area contributed by atoms with Gasteiger partial charge in [-0.3, -0.25) is 0 Å². The lowest BCUT2D eigenvalue weighted by molar-refractivity contribution is 0.0911. The molecule has 2 bridgehead atoms. The van der Waals surface area contributed by atoms with E-state index in [0.717, 1.165) is 12.2 Å². The molecule has 19 heavy (non-hydrogen) atoms. The maximum absolute atomic E-state index is 11.8. The van der Waals surface area contributed by atoms with Crippen molar-refractivity contribution in [3.63, 3.8) is 0 Å². The highest BCUT2D eigenvalue weighted by Crippen LogP contribution is 2.56. The van der Waals surface area contributed by atoms with E-state index >= 15 is 0 Å². The van der Waals surface area contributed by atoms with Gasteiger partial charge in [-0.25, -0.2) is 8.42 Å². The molecule has 3 nitrogen and oxygen atoms in total. The number of benzene rings is 1. The second-order valence-corrected chi connectivity index (χ2v) is 8.42. The van der Waals surface area contributed by atoms with Crippen molar-refractivity contribution in [2.75, 3.05) is 11.5 Å². The largest absolute Gasteiger partial charge is 0.490 e. The van der Waals surface area contributed by atoms with Crippen LogP contribution < -0.4 is 4.74 Å². The molecule has 102 valence electrons. The monoisotopic (exact) mass is 278 g/mol. The molecule has 1 aromatic rings. The number of rotatable bonds is 2. The van der Waals surface area contributed by atoms with Gasteiger partial charge in [0.1, 0.15) is 11.9 Å². The predicted octanol–water partition coefficient (Wildman–Crippen LogP) is 2.13. The van der Waals surface area contributed by atoms with E-state index in [2.05, 4.69) is 0 Å². The zero-order valence-corrected chi connectivity index (χ0v) is 11.6. The summed E-state index contributed by atoms with van der Waals surface area (Å²) in [7, 11) is -2.78. The topological polar surface area (TPSA) is 43.4 Å². The summed E-state index contributed by atoms with van der Waals surface area (Å²) in [5, 5.41) is 0. The molecule has 0 spiro atoms. The van der Waals surface area contributed by atoms with Crippen LogP contribution in [0.4, 0.5) is 0 Å². The SMILES string of the molecule is O=S1(=O)CC2C3CC(Oc4ccccc4)C(C3)C2C1. The van der Waals surface area contributed by atoms with Crippen LogP contribution in [0.2, 0.25) is 0 Å². The zero-order chi connectivity index (χ0) is 13.0. The van der Waals surface area contributed by atoms with Crippen molar-refractivity contribution in [1.82, 2.24) is 0 Å². The third-order valence-corrected chi connectivity index (χ3v) is 7.00. The molecule has 2 aliphatic carbocycles. The first-order valence-corrected chi connectivity index (χ1v) is 8.87. The Bertz CT molecular complexity index is 581. The van der Waals surface area contributed by atoms with E-state index in [1.54, 1.807) is 0 Å². The summed E-state index contributed by atoms with van der Waals surface area (Å²) in [6, 6.07) is 9.90. The van der Waals surface area contributed by atoms with Crippen LogP contribution in [0.15, 0.2) is 30.3 Å². The van der Waals surface area contributed by atoms with Crippen LogP contribution in [0.5, 0.6) is 5.75 Å². The fourth-order valence-electron chi connectivity index (χ4n) is 4.51. The fraction of sp³-hybridized carbons (Fsp3) is 0.600. The minimum Gasteiger partial charge on any atom is -0.490 e. The maximum Gasteiger partial charge on any atom is 0.150 e. The van der Waals surface area contributed by atoms with Crippen LogP contribution in [0.25, 0.3) is 0 Å². The lowest BCUT2D eigenvalue weighted by atomic mass is 9.80. The van der Waals surface area contributed by atoms with Gasteiger partial charge in [0.15, 0.2) is 9.84 Å². The quantitative estimate of drug-likeness (QED) is 0.832. The molecule has 0 radical (unpaired) electrons. The minimum atomic E-state index is -2.78. The Balaban J connectivity index is 1.54. The molecular formula is C15H18O3S. The Morgan fingerprint density at radius 2 is 1.68 bits per heavy atom. The average molecular weight is 278 g/mol. The molecule has 5 atom stereocenters. The second kappa shape index (κ2) is 3.98. The predicted molar refractivity (Wildman–Crippen MR) is 72.7 cm³/mol. The van der Waals surface area contributed by atoms with Gasteiger partial charge in [-0.2, -0.15) is 0 Å². The first-order chi connectivity index (χ1) is 9.12. The van der Waals surface area contributed by atoms with Crippen LogP contribution in [0.1, 0.15) is 12.8 Å². The van der Waals surface area contributed by atoms with Gasteiger partial charge in [0.05, 0.1) is 11.5 Å². The smallest absolute Gasteiger partial charge is 0.150 e. The van der Waals surface area contributed by atoms with Gasteiger partial charge in [-0.05, 0) is 42.7 Å². The highest BCUT2D eigenvalue weighted by Gasteiger charge is 2.58.